The monoisotopic (exact) mass is 445 g/mol. The highest BCUT2D eigenvalue weighted by molar-refractivity contribution is 6.04. The molecule has 0 fully saturated rings. The summed E-state index contributed by atoms with van der Waals surface area (Å²) >= 11 is 0. The van der Waals surface area contributed by atoms with Crippen LogP contribution in [-0.2, 0) is 14.3 Å². The quantitative estimate of drug-likeness (QED) is 0.578. The standard InChI is InChI=1S/C28H31NO4/c1-4-15-33-24-14-10-9-13-21(24)26-25(28(31)32-5-2)18(3)29-22-16-20(17-23(30)27(22)26)19-11-7-6-8-12-19/h6-14,20,26,29H,4-5,15-17H2,1-3H3/t20-,26-/m0/s1. The van der Waals surface area contributed by atoms with E-state index in [4.69, 9.17) is 9.47 Å². The number of ketones is 1. The Bertz CT molecular complexity index is 1100. The fourth-order valence-electron chi connectivity index (χ4n) is 4.85. The number of allylic oxidation sites excluding steroid dienone is 3. The summed E-state index contributed by atoms with van der Waals surface area (Å²) < 4.78 is 11.5. The van der Waals surface area contributed by atoms with Crippen molar-refractivity contribution in [3.63, 3.8) is 0 Å². The van der Waals surface area contributed by atoms with Gasteiger partial charge in [0.25, 0.3) is 0 Å². The van der Waals surface area contributed by atoms with Crippen molar-refractivity contribution in [2.24, 2.45) is 0 Å². The number of ether oxygens (including phenoxy) is 2. The number of rotatable bonds is 7. The lowest BCUT2D eigenvalue weighted by molar-refractivity contribution is -0.138. The van der Waals surface area contributed by atoms with Crippen molar-refractivity contribution < 1.29 is 19.1 Å². The number of hydrogen-bond donors (Lipinski definition) is 1. The molecule has 0 spiro atoms. The van der Waals surface area contributed by atoms with Gasteiger partial charge in [-0.2, -0.15) is 0 Å². The normalized spacial score (nSPS) is 20.3. The van der Waals surface area contributed by atoms with E-state index < -0.39 is 11.9 Å². The Hall–Kier alpha value is -3.34. The highest BCUT2D eigenvalue weighted by Crippen LogP contribution is 2.47. The van der Waals surface area contributed by atoms with Crippen LogP contribution in [0.4, 0.5) is 0 Å². The van der Waals surface area contributed by atoms with Crippen LogP contribution < -0.4 is 10.1 Å². The SMILES string of the molecule is CCCOc1ccccc1[C@H]1C(C(=O)OCC)=C(C)NC2=C1C(=O)C[C@@H](c1ccccc1)C2. The second-order valence-corrected chi connectivity index (χ2v) is 8.53. The van der Waals surface area contributed by atoms with Crippen LogP contribution in [0.15, 0.2) is 77.1 Å². The van der Waals surface area contributed by atoms with Crippen molar-refractivity contribution in [1.82, 2.24) is 5.32 Å². The van der Waals surface area contributed by atoms with Gasteiger partial charge in [0.05, 0.1) is 24.7 Å². The lowest BCUT2D eigenvalue weighted by Crippen LogP contribution is -2.36. The average molecular weight is 446 g/mol. The van der Waals surface area contributed by atoms with E-state index in [1.54, 1.807) is 6.92 Å². The van der Waals surface area contributed by atoms with Crippen LogP contribution in [0, 0.1) is 0 Å². The molecule has 0 aromatic heterocycles. The van der Waals surface area contributed by atoms with Crippen LogP contribution in [-0.4, -0.2) is 25.0 Å². The number of Topliss-reactive ketones (excluding diaryl/α,β-unsaturated/α-hetero) is 1. The molecule has 5 nitrogen and oxygen atoms in total. The van der Waals surface area contributed by atoms with Crippen molar-refractivity contribution in [2.75, 3.05) is 13.2 Å². The average Bonchev–Trinajstić information content (AvgIpc) is 2.82. The van der Waals surface area contributed by atoms with Crippen LogP contribution in [0.3, 0.4) is 0 Å². The molecule has 5 heteroatoms. The molecule has 2 aliphatic rings. The predicted molar refractivity (Wildman–Crippen MR) is 128 cm³/mol. The van der Waals surface area contributed by atoms with E-state index in [0.717, 1.165) is 28.9 Å². The van der Waals surface area contributed by atoms with Crippen LogP contribution in [0.25, 0.3) is 0 Å². The molecule has 1 N–H and O–H groups in total. The minimum atomic E-state index is -0.516. The van der Waals surface area contributed by atoms with Crippen LogP contribution >= 0.6 is 0 Å². The third-order valence-corrected chi connectivity index (χ3v) is 6.29. The summed E-state index contributed by atoms with van der Waals surface area (Å²) in [4.78, 5) is 26.7. The zero-order valence-electron chi connectivity index (χ0n) is 19.5. The van der Waals surface area contributed by atoms with Gasteiger partial charge in [-0.15, -0.1) is 0 Å². The number of benzene rings is 2. The number of nitrogens with one attached hydrogen (secondary N) is 1. The first-order chi connectivity index (χ1) is 16.0. The molecule has 0 saturated heterocycles. The van der Waals surface area contributed by atoms with Crippen molar-refractivity contribution in [3.05, 3.63) is 88.3 Å². The summed E-state index contributed by atoms with van der Waals surface area (Å²) in [6.07, 6.45) is 1.99. The molecule has 0 bridgehead atoms. The molecule has 2 atom stereocenters. The van der Waals surface area contributed by atoms with Crippen molar-refractivity contribution >= 4 is 11.8 Å². The molecule has 4 rings (SSSR count). The topological polar surface area (TPSA) is 64.6 Å². The smallest absolute Gasteiger partial charge is 0.336 e. The van der Waals surface area contributed by atoms with Crippen molar-refractivity contribution in [3.8, 4) is 5.75 Å². The molecule has 0 unspecified atom stereocenters. The van der Waals surface area contributed by atoms with E-state index in [2.05, 4.69) is 24.4 Å². The molecule has 1 aliphatic heterocycles. The summed E-state index contributed by atoms with van der Waals surface area (Å²) in [5.41, 5.74) is 4.73. The number of hydrogen-bond acceptors (Lipinski definition) is 5. The first-order valence-electron chi connectivity index (χ1n) is 11.7. The van der Waals surface area contributed by atoms with Crippen molar-refractivity contribution in [1.29, 1.82) is 0 Å². The Kier molecular flexibility index (Phi) is 6.97. The zero-order chi connectivity index (χ0) is 23.4. The second kappa shape index (κ2) is 10.1. The molecule has 0 saturated carbocycles. The predicted octanol–water partition coefficient (Wildman–Crippen LogP) is 5.40. The zero-order valence-corrected chi connectivity index (χ0v) is 19.5. The van der Waals surface area contributed by atoms with Gasteiger partial charge in [0.2, 0.25) is 0 Å². The Labute approximate surface area is 195 Å². The molecule has 1 heterocycles. The van der Waals surface area contributed by atoms with Crippen LogP contribution in [0.2, 0.25) is 0 Å². The minimum Gasteiger partial charge on any atom is -0.493 e. The van der Waals surface area contributed by atoms with Gasteiger partial charge in [-0.1, -0.05) is 55.5 Å². The van der Waals surface area contributed by atoms with Crippen LogP contribution in [0.1, 0.15) is 63.0 Å². The molecule has 2 aromatic carbocycles. The van der Waals surface area contributed by atoms with E-state index in [0.29, 0.717) is 36.3 Å². The molecule has 2 aromatic rings. The van der Waals surface area contributed by atoms with E-state index >= 15 is 0 Å². The molecule has 172 valence electrons. The largest absolute Gasteiger partial charge is 0.493 e. The highest BCUT2D eigenvalue weighted by atomic mass is 16.5. The fraction of sp³-hybridized carbons (Fsp3) is 0.357. The van der Waals surface area contributed by atoms with Gasteiger partial charge in [0, 0.05) is 29.0 Å². The van der Waals surface area contributed by atoms with Gasteiger partial charge in [0.15, 0.2) is 5.78 Å². The molecule has 0 amide bonds. The summed E-state index contributed by atoms with van der Waals surface area (Å²) in [7, 11) is 0. The third kappa shape index (κ3) is 4.58. The molecular weight excluding hydrogens is 414 g/mol. The lowest BCUT2D eigenvalue weighted by Gasteiger charge is -2.37. The van der Waals surface area contributed by atoms with Gasteiger partial charge >= 0.3 is 5.97 Å². The molecular formula is C28H31NO4. The maximum atomic E-state index is 13.6. The summed E-state index contributed by atoms with van der Waals surface area (Å²) in [5.74, 6) is -0.0538. The van der Waals surface area contributed by atoms with E-state index in [1.807, 2.05) is 49.4 Å². The molecule has 0 radical (unpaired) electrons. The van der Waals surface area contributed by atoms with E-state index in [-0.39, 0.29) is 18.3 Å². The highest BCUT2D eigenvalue weighted by Gasteiger charge is 2.42. The molecule has 1 aliphatic carbocycles. The number of dihydropyridines is 1. The number of carbonyl (C=O) groups is 2. The number of para-hydroxylation sites is 1. The summed E-state index contributed by atoms with van der Waals surface area (Å²) in [6, 6.07) is 17.8. The maximum Gasteiger partial charge on any atom is 0.336 e. The summed E-state index contributed by atoms with van der Waals surface area (Å²) in [6.45, 7) is 6.56. The Morgan fingerprint density at radius 2 is 1.76 bits per heavy atom. The van der Waals surface area contributed by atoms with Gasteiger partial charge in [-0.25, -0.2) is 4.79 Å². The van der Waals surface area contributed by atoms with Crippen molar-refractivity contribution in [2.45, 2.75) is 51.9 Å². The second-order valence-electron chi connectivity index (χ2n) is 8.53. The Morgan fingerprint density at radius 3 is 2.48 bits per heavy atom. The van der Waals surface area contributed by atoms with Gasteiger partial charge in [0.1, 0.15) is 5.75 Å². The Balaban J connectivity index is 1.82. The van der Waals surface area contributed by atoms with E-state index in [1.165, 1.54) is 0 Å². The first kappa shape index (κ1) is 22.8. The van der Waals surface area contributed by atoms with E-state index in [9.17, 15) is 9.59 Å². The fourth-order valence-corrected chi connectivity index (χ4v) is 4.85. The van der Waals surface area contributed by atoms with Gasteiger partial charge in [-0.05, 0) is 44.2 Å². The van der Waals surface area contributed by atoms with Crippen LogP contribution in [0.5, 0.6) is 5.75 Å². The van der Waals surface area contributed by atoms with Gasteiger partial charge < -0.3 is 14.8 Å². The minimum absolute atomic E-state index is 0.0576. The lowest BCUT2D eigenvalue weighted by atomic mass is 9.71. The first-order valence-corrected chi connectivity index (χ1v) is 11.7. The summed E-state index contributed by atoms with van der Waals surface area (Å²) in [5, 5.41) is 3.40. The molecule has 33 heavy (non-hydrogen) atoms. The third-order valence-electron chi connectivity index (χ3n) is 6.29. The van der Waals surface area contributed by atoms with Gasteiger partial charge in [-0.3, -0.25) is 4.79 Å². The maximum absolute atomic E-state index is 13.6. The Morgan fingerprint density at radius 1 is 1.03 bits per heavy atom. The number of esters is 1. The number of carbonyl (C=O) groups excluding carboxylic acids is 2.